The van der Waals surface area contributed by atoms with Crippen molar-refractivity contribution in [1.82, 2.24) is 4.98 Å². The highest BCUT2D eigenvalue weighted by Gasteiger charge is 2.49. The number of fused-ring (bicyclic) bond motifs is 3. The van der Waals surface area contributed by atoms with Gasteiger partial charge in [-0.15, -0.1) is 24.8 Å². The second-order valence-electron chi connectivity index (χ2n) is 6.34. The van der Waals surface area contributed by atoms with E-state index in [2.05, 4.69) is 10.3 Å². The van der Waals surface area contributed by atoms with Crippen molar-refractivity contribution in [3.05, 3.63) is 36.5 Å². The third-order valence-corrected chi connectivity index (χ3v) is 5.14. The maximum absolute atomic E-state index is 12.5. The van der Waals surface area contributed by atoms with Crippen molar-refractivity contribution in [3.63, 3.8) is 0 Å². The second kappa shape index (κ2) is 7.04. The quantitative estimate of drug-likeness (QED) is 0.869. The van der Waals surface area contributed by atoms with Gasteiger partial charge in [0.25, 0.3) is 0 Å². The van der Waals surface area contributed by atoms with Crippen molar-refractivity contribution in [2.75, 3.05) is 5.32 Å². The van der Waals surface area contributed by atoms with Gasteiger partial charge in [-0.3, -0.25) is 9.78 Å². The van der Waals surface area contributed by atoms with Gasteiger partial charge in [-0.1, -0.05) is 18.2 Å². The lowest BCUT2D eigenvalue weighted by molar-refractivity contribution is -0.121. The molecule has 1 amide bonds. The number of aromatic nitrogens is 1. The number of nitrogens with zero attached hydrogens (tertiary/aromatic N) is 1. The summed E-state index contributed by atoms with van der Waals surface area (Å²) in [5.74, 6) is 1.04. The Labute approximate surface area is 148 Å². The molecule has 4 unspecified atom stereocenters. The maximum Gasteiger partial charge on any atom is 0.229 e. The van der Waals surface area contributed by atoms with Crippen LogP contribution in [0.1, 0.15) is 19.3 Å². The zero-order valence-electron chi connectivity index (χ0n) is 12.6. The summed E-state index contributed by atoms with van der Waals surface area (Å²) < 4.78 is 0. The molecule has 2 aromatic rings. The normalized spacial score (nSPS) is 28.0. The lowest BCUT2D eigenvalue weighted by Crippen LogP contribution is -2.42. The van der Waals surface area contributed by atoms with Crippen molar-refractivity contribution in [2.24, 2.45) is 23.5 Å². The zero-order valence-corrected chi connectivity index (χ0v) is 14.3. The molecular formula is C17H21Cl2N3O. The van der Waals surface area contributed by atoms with E-state index in [1.165, 1.54) is 6.42 Å². The smallest absolute Gasteiger partial charge is 0.229 e. The summed E-state index contributed by atoms with van der Waals surface area (Å²) in [5.41, 5.74) is 7.93. The van der Waals surface area contributed by atoms with Gasteiger partial charge in [0.1, 0.15) is 0 Å². The number of rotatable bonds is 2. The Morgan fingerprint density at radius 1 is 1.17 bits per heavy atom. The summed E-state index contributed by atoms with van der Waals surface area (Å²) in [7, 11) is 0. The van der Waals surface area contributed by atoms with Crippen molar-refractivity contribution in [3.8, 4) is 0 Å². The van der Waals surface area contributed by atoms with Crippen LogP contribution in [-0.2, 0) is 4.79 Å². The number of pyridine rings is 1. The number of halogens is 2. The van der Waals surface area contributed by atoms with E-state index in [1.54, 1.807) is 6.20 Å². The average molecular weight is 354 g/mol. The van der Waals surface area contributed by atoms with Gasteiger partial charge in [-0.05, 0) is 43.2 Å². The molecule has 2 aliphatic carbocycles. The van der Waals surface area contributed by atoms with Gasteiger partial charge in [0.2, 0.25) is 5.91 Å². The maximum atomic E-state index is 12.5. The molecule has 4 atom stereocenters. The summed E-state index contributed by atoms with van der Waals surface area (Å²) in [5, 5.41) is 4.04. The highest BCUT2D eigenvalue weighted by molar-refractivity contribution is 5.95. The van der Waals surface area contributed by atoms with Gasteiger partial charge >= 0.3 is 0 Å². The lowest BCUT2D eigenvalue weighted by Gasteiger charge is -2.26. The summed E-state index contributed by atoms with van der Waals surface area (Å²) in [6.45, 7) is 0. The fourth-order valence-corrected chi connectivity index (χ4v) is 4.09. The molecule has 2 fully saturated rings. The van der Waals surface area contributed by atoms with E-state index in [4.69, 9.17) is 5.73 Å². The van der Waals surface area contributed by atoms with E-state index in [0.29, 0.717) is 11.8 Å². The molecule has 1 aromatic heterocycles. The van der Waals surface area contributed by atoms with Crippen LogP contribution in [0, 0.1) is 17.8 Å². The Hall–Kier alpha value is -1.36. The number of amides is 1. The number of benzene rings is 1. The van der Waals surface area contributed by atoms with Crippen LogP contribution in [0.4, 0.5) is 5.69 Å². The first-order valence-electron chi connectivity index (χ1n) is 7.63. The van der Waals surface area contributed by atoms with Crippen LogP contribution in [0.5, 0.6) is 0 Å². The number of para-hydroxylation sites is 1. The predicted molar refractivity (Wildman–Crippen MR) is 97.2 cm³/mol. The predicted octanol–water partition coefficient (Wildman–Crippen LogP) is 3.39. The van der Waals surface area contributed by atoms with Crippen molar-refractivity contribution in [2.45, 2.75) is 25.3 Å². The molecule has 3 N–H and O–H groups in total. The Balaban J connectivity index is 0.000000960. The standard InChI is InChI=1S/C17H19N3O.2ClH/c18-16-12-6-5-11(7-12)15(16)17(21)20-13-8-10-3-1-2-4-14(10)19-9-13;;/h1-4,8-9,11-12,15-16H,5-7,18H2,(H,20,21);2*1H. The van der Waals surface area contributed by atoms with Gasteiger partial charge in [0.05, 0.1) is 23.3 Å². The molecule has 2 aliphatic rings. The molecule has 2 bridgehead atoms. The number of carbonyl (C=O) groups excluding carboxylic acids is 1. The summed E-state index contributed by atoms with van der Waals surface area (Å²) in [6.07, 6.45) is 5.17. The molecule has 0 radical (unpaired) electrons. The minimum Gasteiger partial charge on any atom is -0.327 e. The molecule has 124 valence electrons. The number of nitrogens with one attached hydrogen (secondary N) is 1. The Morgan fingerprint density at radius 2 is 1.91 bits per heavy atom. The topological polar surface area (TPSA) is 68.0 Å². The number of anilines is 1. The first-order chi connectivity index (χ1) is 10.2. The fraction of sp³-hybridized carbons (Fsp3) is 0.412. The van der Waals surface area contributed by atoms with Gasteiger partial charge in [-0.25, -0.2) is 0 Å². The zero-order chi connectivity index (χ0) is 14.4. The Bertz CT molecular complexity index is 707. The third kappa shape index (κ3) is 3.16. The van der Waals surface area contributed by atoms with E-state index in [0.717, 1.165) is 29.4 Å². The summed E-state index contributed by atoms with van der Waals surface area (Å²) in [6, 6.07) is 9.90. The summed E-state index contributed by atoms with van der Waals surface area (Å²) >= 11 is 0. The van der Waals surface area contributed by atoms with Gasteiger partial charge in [0, 0.05) is 11.4 Å². The lowest BCUT2D eigenvalue weighted by atomic mass is 9.84. The molecule has 0 saturated heterocycles. The minimum atomic E-state index is -0.0322. The molecule has 2 saturated carbocycles. The largest absolute Gasteiger partial charge is 0.327 e. The Morgan fingerprint density at radius 3 is 2.65 bits per heavy atom. The molecule has 6 heteroatoms. The fourth-order valence-electron chi connectivity index (χ4n) is 4.09. The van der Waals surface area contributed by atoms with E-state index in [1.807, 2.05) is 30.3 Å². The molecule has 4 rings (SSSR count). The van der Waals surface area contributed by atoms with Crippen LogP contribution in [0.3, 0.4) is 0 Å². The summed E-state index contributed by atoms with van der Waals surface area (Å²) in [4.78, 5) is 16.9. The molecule has 0 spiro atoms. The van der Waals surface area contributed by atoms with Crippen molar-refractivity contribution < 1.29 is 4.79 Å². The van der Waals surface area contributed by atoms with Crippen molar-refractivity contribution in [1.29, 1.82) is 0 Å². The van der Waals surface area contributed by atoms with E-state index < -0.39 is 0 Å². The van der Waals surface area contributed by atoms with E-state index in [-0.39, 0.29) is 42.7 Å². The van der Waals surface area contributed by atoms with Crippen LogP contribution in [-0.4, -0.2) is 16.9 Å². The molecule has 23 heavy (non-hydrogen) atoms. The number of nitrogens with two attached hydrogens (primary N) is 1. The highest BCUT2D eigenvalue weighted by Crippen LogP contribution is 2.47. The number of hydrogen-bond donors (Lipinski definition) is 2. The van der Waals surface area contributed by atoms with Gasteiger partial charge < -0.3 is 11.1 Å². The highest BCUT2D eigenvalue weighted by atomic mass is 35.5. The van der Waals surface area contributed by atoms with Crippen LogP contribution in [0.2, 0.25) is 0 Å². The van der Waals surface area contributed by atoms with Crippen LogP contribution >= 0.6 is 24.8 Å². The van der Waals surface area contributed by atoms with Crippen LogP contribution < -0.4 is 11.1 Å². The van der Waals surface area contributed by atoms with E-state index >= 15 is 0 Å². The molecule has 1 aromatic carbocycles. The SMILES string of the molecule is Cl.Cl.NC1C2CCC(C2)C1C(=O)Nc1cnc2ccccc2c1. The molecule has 1 heterocycles. The minimum absolute atomic E-state index is 0. The first-order valence-corrected chi connectivity index (χ1v) is 7.63. The first kappa shape index (κ1) is 18.0. The van der Waals surface area contributed by atoms with Gasteiger partial charge in [-0.2, -0.15) is 0 Å². The Kier molecular flexibility index (Phi) is 5.50. The molecule has 0 aliphatic heterocycles. The third-order valence-electron chi connectivity index (χ3n) is 5.14. The molecular weight excluding hydrogens is 333 g/mol. The molecule has 4 nitrogen and oxygen atoms in total. The average Bonchev–Trinajstić information content (AvgIpc) is 3.08. The van der Waals surface area contributed by atoms with Crippen LogP contribution in [0.15, 0.2) is 36.5 Å². The monoisotopic (exact) mass is 353 g/mol. The number of hydrogen-bond acceptors (Lipinski definition) is 3. The second-order valence-corrected chi connectivity index (χ2v) is 6.34. The van der Waals surface area contributed by atoms with E-state index in [9.17, 15) is 4.79 Å². The van der Waals surface area contributed by atoms with Gasteiger partial charge in [0.15, 0.2) is 0 Å². The van der Waals surface area contributed by atoms with Crippen molar-refractivity contribution >= 4 is 47.3 Å². The number of carbonyl (C=O) groups is 1. The van der Waals surface area contributed by atoms with Crippen LogP contribution in [0.25, 0.3) is 10.9 Å².